The van der Waals surface area contributed by atoms with Crippen molar-refractivity contribution in [3.63, 3.8) is 0 Å². The van der Waals surface area contributed by atoms with Crippen molar-refractivity contribution in [1.29, 1.82) is 0 Å². The van der Waals surface area contributed by atoms with Gasteiger partial charge in [-0.2, -0.15) is 5.10 Å². The summed E-state index contributed by atoms with van der Waals surface area (Å²) in [5, 5.41) is 12.0. The Labute approximate surface area is 125 Å². The van der Waals surface area contributed by atoms with Crippen molar-refractivity contribution in [2.24, 2.45) is 0 Å². The van der Waals surface area contributed by atoms with Gasteiger partial charge in [0.2, 0.25) is 0 Å². The first-order valence-corrected chi connectivity index (χ1v) is 6.77. The lowest BCUT2D eigenvalue weighted by Crippen LogP contribution is -2.09. The average Bonchev–Trinajstić information content (AvgIpc) is 2.91. The second kappa shape index (κ2) is 5.26. The first kappa shape index (κ1) is 13.1. The molecule has 1 atom stereocenters. The van der Waals surface area contributed by atoms with E-state index in [1.165, 1.54) is 6.33 Å². The van der Waals surface area contributed by atoms with Crippen LogP contribution in [0.1, 0.15) is 18.5 Å². The topological polar surface area (TPSA) is 66.5 Å². The Kier molecular flexibility index (Phi) is 3.46. The summed E-state index contributed by atoms with van der Waals surface area (Å²) in [5.41, 5.74) is 1.60. The minimum Gasteiger partial charge on any atom is -0.363 e. The van der Waals surface area contributed by atoms with E-state index in [2.05, 4.69) is 25.5 Å². The molecule has 3 rings (SSSR count). The fraction of sp³-hybridized carbons (Fsp3) is 0.154. The zero-order chi connectivity index (χ0) is 14.1. The van der Waals surface area contributed by atoms with Gasteiger partial charge in [0.1, 0.15) is 12.1 Å². The number of hydrogen-bond donors (Lipinski definition) is 2. The van der Waals surface area contributed by atoms with Crippen LogP contribution >= 0.6 is 23.2 Å². The first-order chi connectivity index (χ1) is 9.66. The molecule has 2 heterocycles. The molecule has 0 bridgehead atoms. The van der Waals surface area contributed by atoms with Crippen LogP contribution < -0.4 is 5.32 Å². The van der Waals surface area contributed by atoms with Crippen molar-refractivity contribution in [2.75, 3.05) is 5.32 Å². The van der Waals surface area contributed by atoms with Gasteiger partial charge in [-0.05, 0) is 18.6 Å². The largest absolute Gasteiger partial charge is 0.363 e. The quantitative estimate of drug-likeness (QED) is 0.771. The number of H-pyrrole nitrogens is 1. The smallest absolute Gasteiger partial charge is 0.160 e. The van der Waals surface area contributed by atoms with Crippen LogP contribution in [-0.2, 0) is 0 Å². The molecule has 0 amide bonds. The fourth-order valence-corrected chi connectivity index (χ4v) is 2.49. The van der Waals surface area contributed by atoms with Crippen molar-refractivity contribution >= 4 is 40.1 Å². The molecule has 0 saturated carbocycles. The van der Waals surface area contributed by atoms with Crippen molar-refractivity contribution in [3.8, 4) is 0 Å². The number of halogens is 2. The van der Waals surface area contributed by atoms with Crippen LogP contribution in [-0.4, -0.2) is 20.2 Å². The molecule has 2 N–H and O–H groups in total. The van der Waals surface area contributed by atoms with E-state index < -0.39 is 0 Å². The number of benzene rings is 1. The predicted molar refractivity (Wildman–Crippen MR) is 80.2 cm³/mol. The standard InChI is InChI=1S/C13H11Cl2N5/c1-7(8-3-2-4-10(14)11(8)15)19-12-9-5-18-20-13(9)17-6-16-12/h2-7H,1H3,(H2,16,17,18,19,20). The van der Waals surface area contributed by atoms with Crippen LogP contribution in [0.4, 0.5) is 5.82 Å². The molecule has 0 saturated heterocycles. The maximum Gasteiger partial charge on any atom is 0.160 e. The lowest BCUT2D eigenvalue weighted by Gasteiger charge is -2.17. The summed E-state index contributed by atoms with van der Waals surface area (Å²) in [7, 11) is 0. The van der Waals surface area contributed by atoms with Crippen molar-refractivity contribution in [3.05, 3.63) is 46.3 Å². The van der Waals surface area contributed by atoms with Gasteiger partial charge < -0.3 is 5.32 Å². The van der Waals surface area contributed by atoms with Gasteiger partial charge in [0.25, 0.3) is 0 Å². The highest BCUT2D eigenvalue weighted by Gasteiger charge is 2.14. The van der Waals surface area contributed by atoms with E-state index in [1.54, 1.807) is 12.3 Å². The molecule has 2 aromatic heterocycles. The zero-order valence-electron chi connectivity index (χ0n) is 10.6. The Hall–Kier alpha value is -1.85. The number of anilines is 1. The summed E-state index contributed by atoms with van der Waals surface area (Å²) in [6.07, 6.45) is 3.17. The molecule has 0 aliphatic carbocycles. The number of aromatic nitrogens is 4. The van der Waals surface area contributed by atoms with Gasteiger partial charge in [0.15, 0.2) is 5.65 Å². The van der Waals surface area contributed by atoms with E-state index in [9.17, 15) is 0 Å². The predicted octanol–water partition coefficient (Wildman–Crippen LogP) is 3.83. The molecule has 0 radical (unpaired) electrons. The molecule has 0 aliphatic heterocycles. The second-order valence-corrected chi connectivity index (χ2v) is 5.15. The third-order valence-electron chi connectivity index (χ3n) is 3.05. The van der Waals surface area contributed by atoms with E-state index in [1.807, 2.05) is 19.1 Å². The van der Waals surface area contributed by atoms with Gasteiger partial charge in [0.05, 0.1) is 27.7 Å². The van der Waals surface area contributed by atoms with Crippen LogP contribution in [0.2, 0.25) is 10.0 Å². The maximum absolute atomic E-state index is 6.23. The summed E-state index contributed by atoms with van der Waals surface area (Å²) in [4.78, 5) is 8.34. The fourth-order valence-electron chi connectivity index (χ4n) is 2.02. The van der Waals surface area contributed by atoms with E-state index in [0.717, 1.165) is 10.9 Å². The lowest BCUT2D eigenvalue weighted by atomic mass is 10.1. The Balaban J connectivity index is 1.94. The molecular weight excluding hydrogens is 297 g/mol. The molecule has 0 fully saturated rings. The van der Waals surface area contributed by atoms with E-state index >= 15 is 0 Å². The van der Waals surface area contributed by atoms with Crippen LogP contribution in [0.5, 0.6) is 0 Å². The molecule has 1 unspecified atom stereocenters. The molecule has 1 aromatic carbocycles. The molecule has 0 aliphatic rings. The number of nitrogens with one attached hydrogen (secondary N) is 2. The van der Waals surface area contributed by atoms with Crippen molar-refractivity contribution < 1.29 is 0 Å². The highest BCUT2D eigenvalue weighted by molar-refractivity contribution is 6.42. The van der Waals surface area contributed by atoms with Crippen LogP contribution in [0.25, 0.3) is 11.0 Å². The summed E-state index contributed by atoms with van der Waals surface area (Å²) in [5.74, 6) is 0.701. The minimum atomic E-state index is -0.0470. The molecule has 0 spiro atoms. The minimum absolute atomic E-state index is 0.0470. The molecule has 5 nitrogen and oxygen atoms in total. The normalized spacial score (nSPS) is 12.6. The Bertz CT molecular complexity index is 755. The molecule has 102 valence electrons. The van der Waals surface area contributed by atoms with Gasteiger partial charge in [-0.25, -0.2) is 9.97 Å². The zero-order valence-corrected chi connectivity index (χ0v) is 12.1. The van der Waals surface area contributed by atoms with E-state index in [0.29, 0.717) is 21.5 Å². The summed E-state index contributed by atoms with van der Waals surface area (Å²) < 4.78 is 0. The second-order valence-electron chi connectivity index (χ2n) is 4.36. The number of aromatic amines is 1. The molecular formula is C13H11Cl2N5. The van der Waals surface area contributed by atoms with Crippen molar-refractivity contribution in [1.82, 2.24) is 20.2 Å². The van der Waals surface area contributed by atoms with Gasteiger partial charge >= 0.3 is 0 Å². The van der Waals surface area contributed by atoms with E-state index in [-0.39, 0.29) is 6.04 Å². The SMILES string of the molecule is CC(Nc1ncnc2[nH]ncc12)c1cccc(Cl)c1Cl. The third kappa shape index (κ3) is 2.30. The number of hydrogen-bond acceptors (Lipinski definition) is 4. The third-order valence-corrected chi connectivity index (χ3v) is 3.88. The lowest BCUT2D eigenvalue weighted by molar-refractivity contribution is 0.876. The van der Waals surface area contributed by atoms with Gasteiger partial charge in [-0.15, -0.1) is 0 Å². The van der Waals surface area contributed by atoms with Gasteiger partial charge in [0, 0.05) is 0 Å². The number of fused-ring (bicyclic) bond motifs is 1. The Morgan fingerprint density at radius 1 is 1.25 bits per heavy atom. The average molecular weight is 308 g/mol. The summed E-state index contributed by atoms with van der Waals surface area (Å²) in [6.45, 7) is 1.99. The van der Waals surface area contributed by atoms with Gasteiger partial charge in [-0.1, -0.05) is 35.3 Å². The van der Waals surface area contributed by atoms with Crippen LogP contribution in [0, 0.1) is 0 Å². The first-order valence-electron chi connectivity index (χ1n) is 6.01. The van der Waals surface area contributed by atoms with Gasteiger partial charge in [-0.3, -0.25) is 5.10 Å². The highest BCUT2D eigenvalue weighted by atomic mass is 35.5. The highest BCUT2D eigenvalue weighted by Crippen LogP contribution is 2.31. The monoisotopic (exact) mass is 307 g/mol. The van der Waals surface area contributed by atoms with Crippen LogP contribution in [0.3, 0.4) is 0 Å². The molecule has 20 heavy (non-hydrogen) atoms. The Morgan fingerprint density at radius 2 is 2.10 bits per heavy atom. The summed E-state index contributed by atoms with van der Waals surface area (Å²) in [6, 6.07) is 5.52. The number of nitrogens with zero attached hydrogens (tertiary/aromatic N) is 3. The Morgan fingerprint density at radius 3 is 2.95 bits per heavy atom. The van der Waals surface area contributed by atoms with E-state index in [4.69, 9.17) is 23.2 Å². The molecule has 3 aromatic rings. The maximum atomic E-state index is 6.23. The number of rotatable bonds is 3. The van der Waals surface area contributed by atoms with Crippen LogP contribution in [0.15, 0.2) is 30.7 Å². The molecule has 7 heteroatoms. The summed E-state index contributed by atoms with van der Waals surface area (Å²) >= 11 is 12.3. The van der Waals surface area contributed by atoms with Crippen molar-refractivity contribution in [2.45, 2.75) is 13.0 Å².